The second kappa shape index (κ2) is 12.4. The summed E-state index contributed by atoms with van der Waals surface area (Å²) in [6.07, 6.45) is 6.00. The van der Waals surface area contributed by atoms with Gasteiger partial charge in [0, 0.05) is 13.8 Å². The lowest BCUT2D eigenvalue weighted by Crippen LogP contribution is -2.01. The molecule has 0 rings (SSSR count). The molecule has 0 fully saturated rings. The summed E-state index contributed by atoms with van der Waals surface area (Å²) in [5.41, 5.74) is 0. The highest BCUT2D eigenvalue weighted by molar-refractivity contribution is 5.66. The van der Waals surface area contributed by atoms with Crippen LogP contribution in [0.4, 0.5) is 0 Å². The van der Waals surface area contributed by atoms with Crippen molar-refractivity contribution in [3.8, 4) is 0 Å². The first-order valence-corrected chi connectivity index (χ1v) is 5.50. The van der Waals surface area contributed by atoms with Gasteiger partial charge in [0.1, 0.15) is 0 Å². The Kier molecular flexibility index (Phi) is 11.1. The lowest BCUT2D eigenvalue weighted by molar-refractivity contribution is -0.150. The van der Waals surface area contributed by atoms with Gasteiger partial charge < -0.3 is 23.7 Å². The van der Waals surface area contributed by atoms with E-state index in [2.05, 4.69) is 9.47 Å². The molecule has 7 heteroatoms. The van der Waals surface area contributed by atoms with E-state index in [0.29, 0.717) is 13.2 Å². The average molecular weight is 274 g/mol. The molecule has 0 atom stereocenters. The number of hydrogen-bond acceptors (Lipinski definition) is 7. The van der Waals surface area contributed by atoms with Crippen LogP contribution in [-0.4, -0.2) is 38.7 Å². The molecule has 0 spiro atoms. The van der Waals surface area contributed by atoms with Gasteiger partial charge in [0.25, 0.3) is 0 Å². The maximum absolute atomic E-state index is 10.4. The van der Waals surface area contributed by atoms with Crippen LogP contribution in [0, 0.1) is 0 Å². The van der Waals surface area contributed by atoms with Gasteiger partial charge in [0.15, 0.2) is 0 Å². The first-order chi connectivity index (χ1) is 9.13. The molecule has 0 aliphatic rings. The summed E-state index contributed by atoms with van der Waals surface area (Å²) in [6.45, 7) is 3.05. The maximum atomic E-state index is 10.4. The van der Waals surface area contributed by atoms with Gasteiger partial charge in [-0.25, -0.2) is 0 Å². The number of hydrogen-bond donors (Lipinski definition) is 0. The minimum atomic E-state index is -0.400. The van der Waals surface area contributed by atoms with E-state index >= 15 is 0 Å². The van der Waals surface area contributed by atoms with Crippen molar-refractivity contribution in [2.24, 2.45) is 0 Å². The van der Waals surface area contributed by atoms with E-state index < -0.39 is 11.9 Å². The number of carbonyl (C=O) groups is 2. The van der Waals surface area contributed by atoms with E-state index in [9.17, 15) is 9.59 Å². The zero-order valence-corrected chi connectivity index (χ0v) is 11.0. The van der Waals surface area contributed by atoms with Crippen molar-refractivity contribution >= 4 is 11.9 Å². The van der Waals surface area contributed by atoms with Crippen LogP contribution in [0.3, 0.4) is 0 Å². The molecule has 0 aromatic rings. The van der Waals surface area contributed by atoms with Crippen LogP contribution in [0.5, 0.6) is 0 Å². The van der Waals surface area contributed by atoms with Crippen molar-refractivity contribution < 1.29 is 33.3 Å². The van der Waals surface area contributed by atoms with E-state index in [0.717, 1.165) is 0 Å². The van der Waals surface area contributed by atoms with E-state index in [1.165, 1.54) is 26.4 Å². The molecule has 0 saturated carbocycles. The van der Waals surface area contributed by atoms with Crippen molar-refractivity contribution in [2.45, 2.75) is 13.8 Å². The minimum absolute atomic E-state index is 0.115. The summed E-state index contributed by atoms with van der Waals surface area (Å²) in [5.74, 6) is -0.799. The predicted octanol–water partition coefficient (Wildman–Crippen LogP) is 1.10. The summed E-state index contributed by atoms with van der Waals surface area (Å²) >= 11 is 0. The highest BCUT2D eigenvalue weighted by atomic mass is 16.7. The molecule has 0 radical (unpaired) electrons. The molecule has 7 nitrogen and oxygen atoms in total. The van der Waals surface area contributed by atoms with Gasteiger partial charge >= 0.3 is 11.9 Å². The summed E-state index contributed by atoms with van der Waals surface area (Å²) < 4.78 is 23.9. The average Bonchev–Trinajstić information content (AvgIpc) is 2.34. The number of carbonyl (C=O) groups excluding carboxylic acids is 2. The molecule has 0 aliphatic heterocycles. The fourth-order valence-electron chi connectivity index (χ4n) is 0.731. The third-order valence-corrected chi connectivity index (χ3v) is 1.47. The summed E-state index contributed by atoms with van der Waals surface area (Å²) in [7, 11) is 0. The van der Waals surface area contributed by atoms with Gasteiger partial charge in [-0.3, -0.25) is 9.59 Å². The summed E-state index contributed by atoms with van der Waals surface area (Å²) in [5, 5.41) is 0. The number of ether oxygens (including phenoxy) is 5. The van der Waals surface area contributed by atoms with Crippen LogP contribution < -0.4 is 0 Å². The fraction of sp³-hybridized carbons (Fsp3) is 0.500. The fourth-order valence-corrected chi connectivity index (χ4v) is 0.731. The molecule has 19 heavy (non-hydrogen) atoms. The van der Waals surface area contributed by atoms with Gasteiger partial charge in [-0.2, -0.15) is 0 Å². The van der Waals surface area contributed by atoms with Crippen molar-refractivity contribution in [1.29, 1.82) is 0 Å². The molecule has 0 amide bonds. The number of rotatable bonds is 10. The molecule has 0 heterocycles. The normalized spacial score (nSPS) is 10.6. The van der Waals surface area contributed by atoms with Crippen LogP contribution in [0.25, 0.3) is 0 Å². The van der Waals surface area contributed by atoms with E-state index in [4.69, 9.17) is 14.2 Å². The Morgan fingerprint density at radius 3 is 1.63 bits per heavy atom. The maximum Gasteiger partial charge on any atom is 0.305 e. The highest BCUT2D eigenvalue weighted by Gasteiger charge is 1.89. The molecule has 0 aliphatic carbocycles. The van der Waals surface area contributed by atoms with Crippen molar-refractivity contribution in [3.05, 3.63) is 24.7 Å². The second-order valence-corrected chi connectivity index (χ2v) is 3.12. The van der Waals surface area contributed by atoms with Crippen LogP contribution in [0.2, 0.25) is 0 Å². The third-order valence-electron chi connectivity index (χ3n) is 1.47. The van der Waals surface area contributed by atoms with Crippen LogP contribution in [0.15, 0.2) is 24.7 Å². The number of esters is 2. The molecule has 0 unspecified atom stereocenters. The Morgan fingerprint density at radius 1 is 0.842 bits per heavy atom. The Bertz CT molecular complexity index is 279. The first kappa shape index (κ1) is 17.0. The zero-order chi connectivity index (χ0) is 14.3. The first-order valence-electron chi connectivity index (χ1n) is 5.50. The lowest BCUT2D eigenvalue weighted by atomic mass is 10.6. The van der Waals surface area contributed by atoms with Crippen molar-refractivity contribution in [3.63, 3.8) is 0 Å². The van der Waals surface area contributed by atoms with Crippen LogP contribution >= 0.6 is 0 Å². The lowest BCUT2D eigenvalue weighted by Gasteiger charge is -2.01. The van der Waals surface area contributed by atoms with Gasteiger partial charge in [-0.1, -0.05) is 0 Å². The summed E-state index contributed by atoms with van der Waals surface area (Å²) in [4.78, 5) is 20.7. The van der Waals surface area contributed by atoms with Crippen LogP contribution in [0.1, 0.15) is 13.8 Å². The molecule has 0 N–H and O–H groups in total. The zero-order valence-electron chi connectivity index (χ0n) is 11.0. The van der Waals surface area contributed by atoms with E-state index in [-0.39, 0.29) is 13.6 Å². The topological polar surface area (TPSA) is 80.3 Å². The molecule has 108 valence electrons. The predicted molar refractivity (Wildman–Crippen MR) is 64.5 cm³/mol. The molecule has 0 bridgehead atoms. The Balaban J connectivity index is 3.25. The monoisotopic (exact) mass is 274 g/mol. The van der Waals surface area contributed by atoms with Gasteiger partial charge in [-0.15, -0.1) is 0 Å². The van der Waals surface area contributed by atoms with E-state index in [1.807, 2.05) is 0 Å². The molecule has 0 saturated heterocycles. The minimum Gasteiger partial charge on any atom is -0.465 e. The molecule has 0 aromatic carbocycles. The molecular weight excluding hydrogens is 256 g/mol. The quantitative estimate of drug-likeness (QED) is 0.255. The van der Waals surface area contributed by atoms with Gasteiger partial charge in [0.2, 0.25) is 13.6 Å². The smallest absolute Gasteiger partial charge is 0.305 e. The van der Waals surface area contributed by atoms with E-state index in [1.54, 1.807) is 12.2 Å². The highest BCUT2D eigenvalue weighted by Crippen LogP contribution is 1.86. The van der Waals surface area contributed by atoms with Gasteiger partial charge in [-0.05, 0) is 12.2 Å². The third kappa shape index (κ3) is 16.0. The van der Waals surface area contributed by atoms with Crippen molar-refractivity contribution in [2.75, 3.05) is 26.8 Å². The van der Waals surface area contributed by atoms with Gasteiger partial charge in [0.05, 0.1) is 25.7 Å². The molecular formula is C12H18O7. The SMILES string of the molecule is CC(=O)OCOC=CCOCC=COCOC(C)=O. The Hall–Kier alpha value is -2.02. The van der Waals surface area contributed by atoms with Crippen molar-refractivity contribution in [1.82, 2.24) is 0 Å². The Morgan fingerprint density at radius 2 is 1.26 bits per heavy atom. The summed E-state index contributed by atoms with van der Waals surface area (Å²) in [6, 6.07) is 0. The Labute approximate surface area is 111 Å². The largest absolute Gasteiger partial charge is 0.465 e. The second-order valence-electron chi connectivity index (χ2n) is 3.12. The standard InChI is InChI=1S/C12H18O7/c1-11(13)18-9-16-7-3-5-15-6-4-8-17-10-19-12(2)14/h3-4,7-8H,5-6,9-10H2,1-2H3. The van der Waals surface area contributed by atoms with Crippen LogP contribution in [-0.2, 0) is 33.3 Å². The molecule has 0 aromatic heterocycles.